The highest BCUT2D eigenvalue weighted by Gasteiger charge is 2.21. The van der Waals surface area contributed by atoms with Crippen LogP contribution in [0.2, 0.25) is 0 Å². The molecule has 0 bridgehead atoms. The molecule has 1 saturated carbocycles. The normalized spacial score (nSPS) is 15.0. The number of hydrogen-bond donors (Lipinski definition) is 2. The van der Waals surface area contributed by atoms with E-state index in [0.717, 1.165) is 18.4 Å². The molecule has 1 aromatic carbocycles. The highest BCUT2D eigenvalue weighted by molar-refractivity contribution is 5.87. The second-order valence-electron chi connectivity index (χ2n) is 7.83. The van der Waals surface area contributed by atoms with Gasteiger partial charge in [0.15, 0.2) is 11.5 Å². The summed E-state index contributed by atoms with van der Waals surface area (Å²) in [5.74, 6) is 1.92. The van der Waals surface area contributed by atoms with Crippen molar-refractivity contribution in [1.82, 2.24) is 10.6 Å². The van der Waals surface area contributed by atoms with Crippen LogP contribution in [0.15, 0.2) is 18.2 Å². The Hall–Kier alpha value is -2.24. The Morgan fingerprint density at radius 2 is 1.86 bits per heavy atom. The van der Waals surface area contributed by atoms with Crippen LogP contribution in [-0.4, -0.2) is 38.6 Å². The standard InChI is InChI=1S/C23H36N2O4/c1-4-7-19(25-22(26)13-11-17-8-5-6-9-17)23(27)24-15-14-18-10-12-20(28-2)21(16-18)29-3/h10,12,16-17,19H,4-9,11,13-15H2,1-3H3,(H,24,27)(H,25,26). The molecular weight excluding hydrogens is 368 g/mol. The van der Waals surface area contributed by atoms with Crippen molar-refractivity contribution in [3.05, 3.63) is 23.8 Å². The molecule has 0 saturated heterocycles. The zero-order chi connectivity index (χ0) is 21.1. The van der Waals surface area contributed by atoms with Crippen molar-refractivity contribution in [3.8, 4) is 11.5 Å². The SMILES string of the molecule is CCCC(NC(=O)CCC1CCCC1)C(=O)NCCc1ccc(OC)c(OC)c1. The first-order chi connectivity index (χ1) is 14.1. The highest BCUT2D eigenvalue weighted by Crippen LogP contribution is 2.28. The zero-order valence-electron chi connectivity index (χ0n) is 18.1. The molecule has 1 unspecified atom stereocenters. The maximum atomic E-state index is 12.6. The molecular formula is C23H36N2O4. The van der Waals surface area contributed by atoms with Crippen LogP contribution in [0.1, 0.15) is 63.9 Å². The van der Waals surface area contributed by atoms with Crippen molar-refractivity contribution < 1.29 is 19.1 Å². The van der Waals surface area contributed by atoms with E-state index in [-0.39, 0.29) is 11.8 Å². The van der Waals surface area contributed by atoms with Gasteiger partial charge in [0.2, 0.25) is 11.8 Å². The summed E-state index contributed by atoms with van der Waals surface area (Å²) in [6, 6.07) is 5.28. The summed E-state index contributed by atoms with van der Waals surface area (Å²) in [5, 5.41) is 5.90. The summed E-state index contributed by atoms with van der Waals surface area (Å²) in [4.78, 5) is 24.9. The average Bonchev–Trinajstić information content (AvgIpc) is 3.25. The van der Waals surface area contributed by atoms with Gasteiger partial charge < -0.3 is 20.1 Å². The predicted molar refractivity (Wildman–Crippen MR) is 114 cm³/mol. The first-order valence-electron chi connectivity index (χ1n) is 10.8. The smallest absolute Gasteiger partial charge is 0.242 e. The Labute approximate surface area is 174 Å². The summed E-state index contributed by atoms with van der Waals surface area (Å²) < 4.78 is 10.6. The topological polar surface area (TPSA) is 76.7 Å². The lowest BCUT2D eigenvalue weighted by Crippen LogP contribution is -2.47. The molecule has 0 aromatic heterocycles. The number of methoxy groups -OCH3 is 2. The maximum absolute atomic E-state index is 12.6. The number of carbonyl (C=O) groups excluding carboxylic acids is 2. The van der Waals surface area contributed by atoms with E-state index < -0.39 is 6.04 Å². The van der Waals surface area contributed by atoms with Crippen LogP contribution >= 0.6 is 0 Å². The average molecular weight is 405 g/mol. The molecule has 1 atom stereocenters. The van der Waals surface area contributed by atoms with Gasteiger partial charge in [0.1, 0.15) is 6.04 Å². The van der Waals surface area contributed by atoms with Crippen LogP contribution in [-0.2, 0) is 16.0 Å². The Kier molecular flexibility index (Phi) is 9.81. The van der Waals surface area contributed by atoms with E-state index in [1.807, 2.05) is 25.1 Å². The third-order valence-electron chi connectivity index (χ3n) is 5.64. The number of nitrogens with one attached hydrogen (secondary N) is 2. The molecule has 6 heteroatoms. The Morgan fingerprint density at radius 3 is 2.52 bits per heavy atom. The Bertz CT molecular complexity index is 656. The summed E-state index contributed by atoms with van der Waals surface area (Å²) in [6.07, 6.45) is 8.68. The van der Waals surface area contributed by atoms with Gasteiger partial charge >= 0.3 is 0 Å². The lowest BCUT2D eigenvalue weighted by atomic mass is 10.0. The van der Waals surface area contributed by atoms with Gasteiger partial charge in [-0.15, -0.1) is 0 Å². The predicted octanol–water partition coefficient (Wildman–Crippen LogP) is 3.62. The molecule has 0 aliphatic heterocycles. The molecule has 0 spiro atoms. The van der Waals surface area contributed by atoms with Crippen LogP contribution in [0.3, 0.4) is 0 Å². The minimum atomic E-state index is -0.457. The number of rotatable bonds is 12. The number of amides is 2. The lowest BCUT2D eigenvalue weighted by Gasteiger charge is -2.18. The number of carbonyl (C=O) groups is 2. The second kappa shape index (κ2) is 12.3. The van der Waals surface area contributed by atoms with E-state index in [1.165, 1.54) is 25.7 Å². The van der Waals surface area contributed by atoms with Gasteiger partial charge in [0.05, 0.1) is 14.2 Å². The highest BCUT2D eigenvalue weighted by atomic mass is 16.5. The van der Waals surface area contributed by atoms with E-state index >= 15 is 0 Å². The molecule has 6 nitrogen and oxygen atoms in total. The molecule has 162 valence electrons. The maximum Gasteiger partial charge on any atom is 0.242 e. The fourth-order valence-corrected chi connectivity index (χ4v) is 3.95. The summed E-state index contributed by atoms with van der Waals surface area (Å²) in [6.45, 7) is 2.53. The quantitative estimate of drug-likeness (QED) is 0.558. The minimum Gasteiger partial charge on any atom is -0.493 e. The molecule has 1 fully saturated rings. The van der Waals surface area contributed by atoms with Crippen LogP contribution in [0.4, 0.5) is 0 Å². The molecule has 1 aliphatic rings. The minimum absolute atomic E-state index is 0.00890. The van der Waals surface area contributed by atoms with Gasteiger partial charge in [0.25, 0.3) is 0 Å². The van der Waals surface area contributed by atoms with Gasteiger partial charge in [0, 0.05) is 13.0 Å². The monoisotopic (exact) mass is 404 g/mol. The molecule has 2 amide bonds. The lowest BCUT2D eigenvalue weighted by molar-refractivity contribution is -0.129. The fraction of sp³-hybridized carbons (Fsp3) is 0.652. The number of hydrogen-bond acceptors (Lipinski definition) is 4. The Morgan fingerprint density at radius 1 is 1.14 bits per heavy atom. The van der Waals surface area contributed by atoms with Gasteiger partial charge in [-0.05, 0) is 42.9 Å². The van der Waals surface area contributed by atoms with E-state index in [0.29, 0.717) is 43.2 Å². The van der Waals surface area contributed by atoms with Crippen LogP contribution in [0.25, 0.3) is 0 Å². The zero-order valence-corrected chi connectivity index (χ0v) is 18.1. The number of benzene rings is 1. The second-order valence-corrected chi connectivity index (χ2v) is 7.83. The summed E-state index contributed by atoms with van der Waals surface area (Å²) in [5.41, 5.74) is 1.05. The molecule has 1 aromatic rings. The van der Waals surface area contributed by atoms with Crippen LogP contribution in [0, 0.1) is 5.92 Å². The van der Waals surface area contributed by atoms with Crippen molar-refractivity contribution in [2.45, 2.75) is 70.8 Å². The van der Waals surface area contributed by atoms with E-state index in [9.17, 15) is 9.59 Å². The third kappa shape index (κ3) is 7.59. The van der Waals surface area contributed by atoms with Crippen molar-refractivity contribution in [2.24, 2.45) is 5.92 Å². The van der Waals surface area contributed by atoms with Crippen molar-refractivity contribution in [3.63, 3.8) is 0 Å². The molecule has 2 N–H and O–H groups in total. The van der Waals surface area contributed by atoms with E-state index in [1.54, 1.807) is 14.2 Å². The molecule has 0 heterocycles. The van der Waals surface area contributed by atoms with Crippen molar-refractivity contribution >= 4 is 11.8 Å². The molecule has 1 aliphatic carbocycles. The number of ether oxygens (including phenoxy) is 2. The van der Waals surface area contributed by atoms with Crippen molar-refractivity contribution in [1.29, 1.82) is 0 Å². The molecule has 2 rings (SSSR count). The fourth-order valence-electron chi connectivity index (χ4n) is 3.95. The first kappa shape index (κ1) is 23.0. The molecule has 29 heavy (non-hydrogen) atoms. The molecule has 0 radical (unpaired) electrons. The largest absolute Gasteiger partial charge is 0.493 e. The van der Waals surface area contributed by atoms with Gasteiger partial charge in [-0.3, -0.25) is 9.59 Å². The van der Waals surface area contributed by atoms with E-state index in [4.69, 9.17) is 9.47 Å². The van der Waals surface area contributed by atoms with E-state index in [2.05, 4.69) is 10.6 Å². The summed E-state index contributed by atoms with van der Waals surface area (Å²) in [7, 11) is 3.21. The third-order valence-corrected chi connectivity index (χ3v) is 5.64. The van der Waals surface area contributed by atoms with Crippen LogP contribution < -0.4 is 20.1 Å². The van der Waals surface area contributed by atoms with Gasteiger partial charge in [-0.2, -0.15) is 0 Å². The van der Waals surface area contributed by atoms with Gasteiger partial charge in [-0.25, -0.2) is 0 Å². The Balaban J connectivity index is 1.78. The van der Waals surface area contributed by atoms with Crippen molar-refractivity contribution in [2.75, 3.05) is 20.8 Å². The summed E-state index contributed by atoms with van der Waals surface area (Å²) >= 11 is 0. The van der Waals surface area contributed by atoms with Crippen LogP contribution in [0.5, 0.6) is 11.5 Å². The first-order valence-corrected chi connectivity index (χ1v) is 10.8. The van der Waals surface area contributed by atoms with Gasteiger partial charge in [-0.1, -0.05) is 45.1 Å².